The van der Waals surface area contributed by atoms with E-state index in [1.54, 1.807) is 0 Å². The van der Waals surface area contributed by atoms with Gasteiger partial charge in [0.25, 0.3) is 0 Å². The largest absolute Gasteiger partial charge is 0.464 e. The maximum absolute atomic E-state index is 12.3. The minimum Gasteiger partial charge on any atom is -0.464 e. The molecule has 1 heterocycles. The molecule has 0 saturated heterocycles. The number of anilines is 1. The second-order valence-electron chi connectivity index (χ2n) is 7.90. The molecule has 0 aliphatic heterocycles. The fraction of sp³-hybridized carbons (Fsp3) is 0.500. The smallest absolute Gasteiger partial charge is 0.227 e. The summed E-state index contributed by atoms with van der Waals surface area (Å²) in [6.45, 7) is 3.74. The lowest BCUT2D eigenvalue weighted by atomic mass is 10.1. The van der Waals surface area contributed by atoms with Crippen LogP contribution in [0.15, 0.2) is 40.8 Å². The van der Waals surface area contributed by atoms with E-state index < -0.39 is 0 Å². The summed E-state index contributed by atoms with van der Waals surface area (Å²) in [5.41, 5.74) is 2.06. The van der Waals surface area contributed by atoms with Crippen molar-refractivity contribution in [2.75, 3.05) is 5.32 Å². The van der Waals surface area contributed by atoms with Crippen LogP contribution in [-0.2, 0) is 17.9 Å². The summed E-state index contributed by atoms with van der Waals surface area (Å²) in [7, 11) is 0. The molecule has 1 aromatic carbocycles. The van der Waals surface area contributed by atoms with Crippen LogP contribution in [-0.4, -0.2) is 5.91 Å². The quantitative estimate of drug-likeness (QED) is 0.751. The number of benzene rings is 1. The molecule has 1 amide bonds. The van der Waals surface area contributed by atoms with Crippen molar-refractivity contribution in [1.29, 1.82) is 0 Å². The monoisotopic (exact) mass is 352 g/mol. The van der Waals surface area contributed by atoms with Crippen molar-refractivity contribution < 1.29 is 9.21 Å². The lowest BCUT2D eigenvalue weighted by Gasteiger charge is -2.11. The predicted octanol–water partition coefficient (Wildman–Crippen LogP) is 4.82. The van der Waals surface area contributed by atoms with Crippen LogP contribution in [0.1, 0.15) is 62.0 Å². The van der Waals surface area contributed by atoms with E-state index in [2.05, 4.69) is 41.8 Å². The van der Waals surface area contributed by atoms with Crippen LogP contribution >= 0.6 is 0 Å². The second kappa shape index (κ2) is 7.67. The molecule has 0 radical (unpaired) electrons. The number of amides is 1. The van der Waals surface area contributed by atoms with E-state index in [4.69, 9.17) is 4.42 Å². The summed E-state index contributed by atoms with van der Waals surface area (Å²) < 4.78 is 5.93. The zero-order chi connectivity index (χ0) is 17.9. The highest BCUT2D eigenvalue weighted by Crippen LogP contribution is 2.47. The molecule has 2 aliphatic carbocycles. The fourth-order valence-corrected chi connectivity index (χ4v) is 3.93. The molecule has 4 rings (SSSR count). The Bertz CT molecular complexity index is 761. The van der Waals surface area contributed by atoms with Gasteiger partial charge in [-0.05, 0) is 55.0 Å². The molecule has 138 valence electrons. The van der Waals surface area contributed by atoms with E-state index >= 15 is 0 Å². The zero-order valence-electron chi connectivity index (χ0n) is 15.5. The van der Waals surface area contributed by atoms with Crippen molar-refractivity contribution in [2.45, 2.75) is 58.0 Å². The van der Waals surface area contributed by atoms with Crippen LogP contribution in [0.25, 0.3) is 0 Å². The molecule has 2 fully saturated rings. The Morgan fingerprint density at radius 3 is 2.73 bits per heavy atom. The molecule has 2 aliphatic rings. The first-order valence-electron chi connectivity index (χ1n) is 9.88. The number of carbonyl (C=O) groups is 1. The van der Waals surface area contributed by atoms with E-state index in [1.165, 1.54) is 19.3 Å². The van der Waals surface area contributed by atoms with Gasteiger partial charge in [0, 0.05) is 24.1 Å². The molecule has 2 atom stereocenters. The number of hydrogen-bond acceptors (Lipinski definition) is 3. The Hall–Kier alpha value is -2.07. The minimum absolute atomic E-state index is 0.171. The number of carbonyl (C=O) groups excluding carboxylic acids is 1. The fourth-order valence-electron chi connectivity index (χ4n) is 3.93. The van der Waals surface area contributed by atoms with E-state index in [1.807, 2.05) is 12.1 Å². The van der Waals surface area contributed by atoms with E-state index in [0.717, 1.165) is 54.6 Å². The molecular formula is C22H28N2O2. The summed E-state index contributed by atoms with van der Waals surface area (Å²) in [6.07, 6.45) is 5.65. The molecule has 2 unspecified atom stereocenters. The SMILES string of the molecule is CC1CC1c1ccc(CNCc2cccc(NC(=O)C3CCCC3)c2)o1. The highest BCUT2D eigenvalue weighted by atomic mass is 16.3. The average molecular weight is 352 g/mol. The lowest BCUT2D eigenvalue weighted by Crippen LogP contribution is -2.20. The summed E-state index contributed by atoms with van der Waals surface area (Å²) in [6, 6.07) is 12.3. The standard InChI is InChI=1S/C22H28N2O2/c1-15-11-20(15)21-10-9-19(26-21)14-23-13-16-5-4-8-18(12-16)24-22(25)17-6-2-3-7-17/h4-5,8-10,12,15,17,20,23H,2-3,6-7,11,13-14H2,1H3,(H,24,25). The van der Waals surface area contributed by atoms with E-state index in [9.17, 15) is 4.79 Å². The molecule has 4 nitrogen and oxygen atoms in total. The number of hydrogen-bond donors (Lipinski definition) is 2. The van der Waals surface area contributed by atoms with Crippen molar-refractivity contribution in [3.8, 4) is 0 Å². The first-order valence-corrected chi connectivity index (χ1v) is 9.88. The van der Waals surface area contributed by atoms with Crippen molar-refractivity contribution in [3.63, 3.8) is 0 Å². The summed E-state index contributed by atoms with van der Waals surface area (Å²) in [5.74, 6) is 3.88. The van der Waals surface area contributed by atoms with Gasteiger partial charge in [-0.15, -0.1) is 0 Å². The topological polar surface area (TPSA) is 54.3 Å². The van der Waals surface area contributed by atoms with Crippen LogP contribution in [0.2, 0.25) is 0 Å². The molecule has 2 N–H and O–H groups in total. The van der Waals surface area contributed by atoms with Gasteiger partial charge in [-0.25, -0.2) is 0 Å². The van der Waals surface area contributed by atoms with Gasteiger partial charge in [0.1, 0.15) is 11.5 Å². The van der Waals surface area contributed by atoms with Crippen LogP contribution in [0.3, 0.4) is 0 Å². The second-order valence-corrected chi connectivity index (χ2v) is 7.90. The molecule has 4 heteroatoms. The van der Waals surface area contributed by atoms with Crippen LogP contribution in [0, 0.1) is 11.8 Å². The third kappa shape index (κ3) is 4.18. The first-order chi connectivity index (χ1) is 12.7. The first kappa shape index (κ1) is 17.3. The Balaban J connectivity index is 1.27. The predicted molar refractivity (Wildman–Crippen MR) is 103 cm³/mol. The van der Waals surface area contributed by atoms with Gasteiger partial charge in [-0.2, -0.15) is 0 Å². The van der Waals surface area contributed by atoms with Gasteiger partial charge < -0.3 is 15.1 Å². The summed E-state index contributed by atoms with van der Waals surface area (Å²) >= 11 is 0. The Kier molecular flexibility index (Phi) is 5.11. The Labute approximate surface area is 155 Å². The number of furan rings is 1. The lowest BCUT2D eigenvalue weighted by molar-refractivity contribution is -0.119. The van der Waals surface area contributed by atoms with Gasteiger partial charge >= 0.3 is 0 Å². The minimum atomic E-state index is 0.171. The van der Waals surface area contributed by atoms with Crippen molar-refractivity contribution in [3.05, 3.63) is 53.5 Å². The van der Waals surface area contributed by atoms with Crippen LogP contribution < -0.4 is 10.6 Å². The van der Waals surface area contributed by atoms with Gasteiger partial charge in [-0.1, -0.05) is 31.9 Å². The normalized spacial score (nSPS) is 22.5. The molecule has 1 aromatic heterocycles. The van der Waals surface area contributed by atoms with Crippen LogP contribution in [0.4, 0.5) is 5.69 Å². The number of nitrogens with one attached hydrogen (secondary N) is 2. The van der Waals surface area contributed by atoms with E-state index in [-0.39, 0.29) is 11.8 Å². The van der Waals surface area contributed by atoms with Crippen molar-refractivity contribution in [1.82, 2.24) is 5.32 Å². The van der Waals surface area contributed by atoms with Gasteiger partial charge in [0.05, 0.1) is 6.54 Å². The molecule has 2 aromatic rings. The molecule has 0 bridgehead atoms. The van der Waals surface area contributed by atoms with Crippen LogP contribution in [0.5, 0.6) is 0 Å². The number of rotatable bonds is 7. The molecule has 0 spiro atoms. The van der Waals surface area contributed by atoms with E-state index in [0.29, 0.717) is 5.92 Å². The highest BCUT2D eigenvalue weighted by molar-refractivity contribution is 5.92. The third-order valence-electron chi connectivity index (χ3n) is 5.71. The highest BCUT2D eigenvalue weighted by Gasteiger charge is 2.36. The molecule has 2 saturated carbocycles. The summed E-state index contributed by atoms with van der Waals surface area (Å²) in [4.78, 5) is 12.3. The Morgan fingerprint density at radius 2 is 1.96 bits per heavy atom. The maximum atomic E-state index is 12.3. The zero-order valence-corrected chi connectivity index (χ0v) is 15.5. The molecule has 26 heavy (non-hydrogen) atoms. The van der Waals surface area contributed by atoms with Crippen molar-refractivity contribution >= 4 is 11.6 Å². The third-order valence-corrected chi connectivity index (χ3v) is 5.71. The van der Waals surface area contributed by atoms with Gasteiger partial charge in [0.15, 0.2) is 0 Å². The average Bonchev–Trinajstić information content (AvgIpc) is 3.08. The maximum Gasteiger partial charge on any atom is 0.227 e. The Morgan fingerprint density at radius 1 is 1.15 bits per heavy atom. The van der Waals surface area contributed by atoms with Gasteiger partial charge in [-0.3, -0.25) is 4.79 Å². The van der Waals surface area contributed by atoms with Gasteiger partial charge in [0.2, 0.25) is 5.91 Å². The van der Waals surface area contributed by atoms with Crippen molar-refractivity contribution in [2.24, 2.45) is 11.8 Å². The molecular weight excluding hydrogens is 324 g/mol. The summed E-state index contributed by atoms with van der Waals surface area (Å²) in [5, 5.41) is 6.51.